The van der Waals surface area contributed by atoms with Crippen LogP contribution in [0.4, 0.5) is 0 Å². The molecule has 2 aliphatic heterocycles. The normalized spacial score (nSPS) is 27.9. The molecular formula is C22H33N3OS. The molecule has 1 aromatic rings. The standard InChI is InChI=1S/C22H33N3OS/c1-23-12-13-24(15-19-4-3-5-20(14-19)27-2)17-22(23)9-8-21(26)25(11-10-22)16-18-6-7-18/h3-5,14,18H,6-13,15-17H2,1-2H3/t22-/m1/s1. The number of hydrogen-bond donors (Lipinski definition) is 0. The van der Waals surface area contributed by atoms with E-state index in [-0.39, 0.29) is 5.54 Å². The van der Waals surface area contributed by atoms with Crippen molar-refractivity contribution in [3.8, 4) is 0 Å². The van der Waals surface area contributed by atoms with Gasteiger partial charge in [0.2, 0.25) is 5.91 Å². The number of thioether (sulfide) groups is 1. The molecule has 27 heavy (non-hydrogen) atoms. The summed E-state index contributed by atoms with van der Waals surface area (Å²) in [6.45, 7) is 6.25. The van der Waals surface area contributed by atoms with Crippen molar-refractivity contribution in [2.45, 2.75) is 49.1 Å². The van der Waals surface area contributed by atoms with Crippen molar-refractivity contribution in [2.75, 3.05) is 46.0 Å². The molecule has 3 aliphatic rings. The Morgan fingerprint density at radius 2 is 2.04 bits per heavy atom. The van der Waals surface area contributed by atoms with Gasteiger partial charge in [0.15, 0.2) is 0 Å². The first kappa shape index (κ1) is 19.3. The minimum atomic E-state index is 0.156. The summed E-state index contributed by atoms with van der Waals surface area (Å²) in [5, 5.41) is 0. The summed E-state index contributed by atoms with van der Waals surface area (Å²) in [4.78, 5) is 21.3. The summed E-state index contributed by atoms with van der Waals surface area (Å²) in [6, 6.07) is 8.93. The largest absolute Gasteiger partial charge is 0.342 e. The van der Waals surface area contributed by atoms with Gasteiger partial charge in [0, 0.05) is 56.1 Å². The van der Waals surface area contributed by atoms with Crippen LogP contribution in [0.5, 0.6) is 0 Å². The maximum Gasteiger partial charge on any atom is 0.222 e. The average molecular weight is 388 g/mol. The fourth-order valence-electron chi connectivity index (χ4n) is 4.74. The molecule has 5 heteroatoms. The highest BCUT2D eigenvalue weighted by Gasteiger charge is 2.42. The summed E-state index contributed by atoms with van der Waals surface area (Å²) in [7, 11) is 2.27. The number of hydrogen-bond acceptors (Lipinski definition) is 4. The molecule has 4 rings (SSSR count). The molecule has 1 aliphatic carbocycles. The third kappa shape index (κ3) is 4.52. The van der Waals surface area contributed by atoms with E-state index >= 15 is 0 Å². The molecule has 3 fully saturated rings. The SMILES string of the molecule is CSc1cccc(CN2CCN(C)[C@@]3(CCC(=O)N(CC4CC4)CC3)C2)c1. The number of piperazine rings is 1. The van der Waals surface area contributed by atoms with E-state index < -0.39 is 0 Å². The summed E-state index contributed by atoms with van der Waals surface area (Å²) >= 11 is 1.81. The van der Waals surface area contributed by atoms with Crippen LogP contribution in [0, 0.1) is 5.92 Å². The number of nitrogens with zero attached hydrogens (tertiary/aromatic N) is 3. The van der Waals surface area contributed by atoms with Crippen LogP contribution in [0.1, 0.15) is 37.7 Å². The Labute approximate surface area is 168 Å². The van der Waals surface area contributed by atoms with Crippen molar-refractivity contribution in [2.24, 2.45) is 5.92 Å². The molecule has 1 spiro atoms. The molecule has 0 aromatic heterocycles. The van der Waals surface area contributed by atoms with Crippen molar-refractivity contribution < 1.29 is 4.79 Å². The van der Waals surface area contributed by atoms with Gasteiger partial charge in [0.1, 0.15) is 0 Å². The third-order valence-corrected chi connectivity index (χ3v) is 7.52. The molecule has 0 unspecified atom stereocenters. The fourth-order valence-corrected chi connectivity index (χ4v) is 5.23. The van der Waals surface area contributed by atoms with Gasteiger partial charge in [-0.2, -0.15) is 0 Å². The zero-order valence-corrected chi connectivity index (χ0v) is 17.6. The number of carbonyl (C=O) groups is 1. The summed E-state index contributed by atoms with van der Waals surface area (Å²) in [6.07, 6.45) is 7.61. The minimum Gasteiger partial charge on any atom is -0.342 e. The second-order valence-electron chi connectivity index (χ2n) is 8.74. The van der Waals surface area contributed by atoms with Crippen molar-refractivity contribution in [3.05, 3.63) is 29.8 Å². The minimum absolute atomic E-state index is 0.156. The van der Waals surface area contributed by atoms with E-state index in [1.807, 2.05) is 11.8 Å². The quantitative estimate of drug-likeness (QED) is 0.724. The van der Waals surface area contributed by atoms with Gasteiger partial charge in [-0.15, -0.1) is 11.8 Å². The number of amides is 1. The third-order valence-electron chi connectivity index (χ3n) is 6.80. The number of likely N-dealkylation sites (N-methyl/N-ethyl adjacent to an activating group) is 1. The average Bonchev–Trinajstić information content (AvgIpc) is 3.51. The van der Waals surface area contributed by atoms with Crippen LogP contribution in [0.3, 0.4) is 0 Å². The van der Waals surface area contributed by atoms with Crippen molar-refractivity contribution >= 4 is 17.7 Å². The zero-order valence-electron chi connectivity index (χ0n) is 16.8. The van der Waals surface area contributed by atoms with Gasteiger partial charge in [-0.3, -0.25) is 14.6 Å². The van der Waals surface area contributed by atoms with Crippen molar-refractivity contribution in [1.29, 1.82) is 0 Å². The topological polar surface area (TPSA) is 26.8 Å². The van der Waals surface area contributed by atoms with Gasteiger partial charge in [0.05, 0.1) is 0 Å². The monoisotopic (exact) mass is 387 g/mol. The highest BCUT2D eigenvalue weighted by atomic mass is 32.2. The van der Waals surface area contributed by atoms with Crippen LogP contribution < -0.4 is 0 Å². The molecule has 4 nitrogen and oxygen atoms in total. The summed E-state index contributed by atoms with van der Waals surface area (Å²) in [5.74, 6) is 1.17. The van der Waals surface area contributed by atoms with Crippen LogP contribution in [0.25, 0.3) is 0 Å². The maximum absolute atomic E-state index is 12.6. The molecule has 1 amide bonds. The number of carbonyl (C=O) groups excluding carboxylic acids is 1. The molecule has 2 heterocycles. The highest BCUT2D eigenvalue weighted by molar-refractivity contribution is 7.98. The van der Waals surface area contributed by atoms with Gasteiger partial charge in [-0.25, -0.2) is 0 Å². The first-order valence-corrected chi connectivity index (χ1v) is 11.6. The predicted molar refractivity (Wildman–Crippen MR) is 112 cm³/mol. The molecule has 2 saturated heterocycles. The molecule has 1 aromatic carbocycles. The summed E-state index contributed by atoms with van der Waals surface area (Å²) in [5.41, 5.74) is 1.56. The lowest BCUT2D eigenvalue weighted by atomic mass is 9.86. The highest BCUT2D eigenvalue weighted by Crippen LogP contribution is 2.35. The Morgan fingerprint density at radius 3 is 2.81 bits per heavy atom. The lowest BCUT2D eigenvalue weighted by Crippen LogP contribution is -2.60. The van der Waals surface area contributed by atoms with E-state index in [4.69, 9.17) is 0 Å². The predicted octanol–water partition coefficient (Wildman–Crippen LogP) is 3.32. The Kier molecular flexibility index (Phi) is 5.81. The number of benzene rings is 1. The number of rotatable bonds is 5. The van der Waals surface area contributed by atoms with E-state index in [1.54, 1.807) is 0 Å². The lowest BCUT2D eigenvalue weighted by molar-refractivity contribution is -0.131. The Bertz CT molecular complexity index is 677. The Hall–Kier alpha value is -1.04. The van der Waals surface area contributed by atoms with Crippen molar-refractivity contribution in [3.63, 3.8) is 0 Å². The molecule has 0 N–H and O–H groups in total. The van der Waals surface area contributed by atoms with E-state index in [0.717, 1.165) is 58.0 Å². The molecule has 0 bridgehead atoms. The van der Waals surface area contributed by atoms with Gasteiger partial charge >= 0.3 is 0 Å². The first-order chi connectivity index (χ1) is 13.1. The van der Waals surface area contributed by atoms with Crippen LogP contribution >= 0.6 is 11.8 Å². The van der Waals surface area contributed by atoms with Crippen LogP contribution in [-0.2, 0) is 11.3 Å². The smallest absolute Gasteiger partial charge is 0.222 e. The van der Waals surface area contributed by atoms with Crippen molar-refractivity contribution in [1.82, 2.24) is 14.7 Å². The Morgan fingerprint density at radius 1 is 1.19 bits per heavy atom. The first-order valence-electron chi connectivity index (χ1n) is 10.4. The zero-order chi connectivity index (χ0) is 18.9. The van der Waals surface area contributed by atoms with Crippen LogP contribution in [0.15, 0.2) is 29.2 Å². The Balaban J connectivity index is 1.43. The van der Waals surface area contributed by atoms with E-state index in [1.165, 1.54) is 23.3 Å². The summed E-state index contributed by atoms with van der Waals surface area (Å²) < 4.78 is 0. The van der Waals surface area contributed by atoms with Gasteiger partial charge in [0.25, 0.3) is 0 Å². The van der Waals surface area contributed by atoms with E-state index in [0.29, 0.717) is 12.3 Å². The fraction of sp³-hybridized carbons (Fsp3) is 0.682. The molecule has 0 radical (unpaired) electrons. The second kappa shape index (κ2) is 8.14. The van der Waals surface area contributed by atoms with Crippen LogP contribution in [0.2, 0.25) is 0 Å². The molecule has 1 atom stereocenters. The lowest BCUT2D eigenvalue weighted by Gasteiger charge is -2.49. The van der Waals surface area contributed by atoms with E-state index in [9.17, 15) is 4.79 Å². The van der Waals surface area contributed by atoms with Crippen LogP contribution in [-0.4, -0.2) is 72.2 Å². The van der Waals surface area contributed by atoms with E-state index in [2.05, 4.69) is 52.3 Å². The number of likely N-dealkylation sites (tertiary alicyclic amines) is 1. The second-order valence-corrected chi connectivity index (χ2v) is 9.62. The van der Waals surface area contributed by atoms with Gasteiger partial charge in [-0.05, 0) is 62.6 Å². The molecule has 148 valence electrons. The maximum atomic E-state index is 12.6. The molecular weight excluding hydrogens is 354 g/mol. The van der Waals surface area contributed by atoms with Gasteiger partial charge < -0.3 is 4.90 Å². The molecule has 1 saturated carbocycles. The van der Waals surface area contributed by atoms with Gasteiger partial charge in [-0.1, -0.05) is 12.1 Å².